The molecule has 25 heavy (non-hydrogen) atoms. The summed E-state index contributed by atoms with van der Waals surface area (Å²) in [7, 11) is 0. The van der Waals surface area contributed by atoms with E-state index >= 15 is 0 Å². The first-order valence-electron chi connectivity index (χ1n) is 7.23. The number of anilines is 2. The highest BCUT2D eigenvalue weighted by Crippen LogP contribution is 2.30. The summed E-state index contributed by atoms with van der Waals surface area (Å²) in [6, 6.07) is 11.2. The molecule has 0 amide bonds. The zero-order valence-corrected chi connectivity index (χ0v) is 17.7. The minimum Gasteiger partial charge on any atom is -0.332 e. The highest BCUT2D eigenvalue weighted by atomic mass is 127. The van der Waals surface area contributed by atoms with E-state index in [4.69, 9.17) is 0 Å². The quantitative estimate of drug-likeness (QED) is 0.339. The summed E-state index contributed by atoms with van der Waals surface area (Å²) in [6.07, 6.45) is 1.44. The van der Waals surface area contributed by atoms with Crippen LogP contribution in [0.3, 0.4) is 0 Å². The first kappa shape index (κ1) is 18.3. The van der Waals surface area contributed by atoms with E-state index in [2.05, 4.69) is 37.9 Å². The van der Waals surface area contributed by atoms with E-state index in [0.717, 1.165) is 27.9 Å². The van der Waals surface area contributed by atoms with Crippen LogP contribution in [0.5, 0.6) is 0 Å². The van der Waals surface area contributed by atoms with Gasteiger partial charge in [0.05, 0.1) is 11.4 Å². The number of nitrogens with zero attached hydrogens (tertiary/aromatic N) is 3. The molecular weight excluding hydrogens is 518 g/mol. The highest BCUT2D eigenvalue weighted by molar-refractivity contribution is 14.1. The lowest BCUT2D eigenvalue weighted by Crippen LogP contribution is -1.93. The van der Waals surface area contributed by atoms with Crippen molar-refractivity contribution < 1.29 is 4.39 Å². The minimum absolute atomic E-state index is 0. The van der Waals surface area contributed by atoms with Crippen molar-refractivity contribution in [2.24, 2.45) is 0 Å². The molecule has 3 aromatic heterocycles. The van der Waals surface area contributed by atoms with Crippen molar-refractivity contribution in [1.29, 1.82) is 0 Å². The van der Waals surface area contributed by atoms with E-state index in [0.29, 0.717) is 5.65 Å². The fourth-order valence-corrected chi connectivity index (χ4v) is 3.62. The van der Waals surface area contributed by atoms with Gasteiger partial charge in [-0.05, 0) is 65.9 Å². The number of pyridine rings is 1. The van der Waals surface area contributed by atoms with Crippen LogP contribution in [0.1, 0.15) is 5.69 Å². The molecule has 0 aliphatic carbocycles. The number of aromatic nitrogens is 3. The molecule has 4 nitrogen and oxygen atoms in total. The van der Waals surface area contributed by atoms with Crippen molar-refractivity contribution in [3.63, 3.8) is 0 Å². The van der Waals surface area contributed by atoms with E-state index in [1.165, 1.54) is 27.2 Å². The van der Waals surface area contributed by atoms with Gasteiger partial charge in [-0.1, -0.05) is 0 Å². The molecular formula is C17H13BrFIN4S. The summed E-state index contributed by atoms with van der Waals surface area (Å²) in [5, 5.41) is 6.04. The van der Waals surface area contributed by atoms with Gasteiger partial charge in [0.25, 0.3) is 0 Å². The van der Waals surface area contributed by atoms with Crippen LogP contribution in [-0.2, 0) is 0 Å². The number of thiazole rings is 1. The molecule has 0 aliphatic rings. The third-order valence-electron chi connectivity index (χ3n) is 3.60. The summed E-state index contributed by atoms with van der Waals surface area (Å²) in [5.74, 6) is -0.298. The monoisotopic (exact) mass is 530 g/mol. The standard InChI is InChI=1S/C17H12FIN4S.BrH/c1-10-16(23-8-11(18)2-7-15(23)20-10)14-9-24-17(22-14)21-13-5-3-12(19)4-6-13;/h2-9H,1H3,(H,21,22);1H. The van der Waals surface area contributed by atoms with Gasteiger partial charge in [-0.2, -0.15) is 0 Å². The molecule has 4 rings (SSSR count). The van der Waals surface area contributed by atoms with Crippen LogP contribution in [0, 0.1) is 16.3 Å². The second-order valence-corrected chi connectivity index (χ2v) is 7.39. The van der Waals surface area contributed by atoms with Gasteiger partial charge in [0.15, 0.2) is 5.13 Å². The lowest BCUT2D eigenvalue weighted by molar-refractivity contribution is 0.619. The van der Waals surface area contributed by atoms with Crippen LogP contribution in [0.2, 0.25) is 0 Å². The number of rotatable bonds is 3. The van der Waals surface area contributed by atoms with E-state index < -0.39 is 0 Å². The predicted octanol–water partition coefficient (Wildman–Crippen LogP) is 5.83. The molecule has 0 unspecified atom stereocenters. The Hall–Kier alpha value is -1.52. The zero-order valence-electron chi connectivity index (χ0n) is 13.0. The van der Waals surface area contributed by atoms with E-state index in [1.54, 1.807) is 10.5 Å². The molecule has 0 saturated heterocycles. The molecule has 8 heteroatoms. The van der Waals surface area contributed by atoms with Gasteiger partial charge < -0.3 is 5.32 Å². The number of hydrogen-bond acceptors (Lipinski definition) is 4. The maximum Gasteiger partial charge on any atom is 0.187 e. The van der Waals surface area contributed by atoms with Gasteiger partial charge in [-0.15, -0.1) is 28.3 Å². The summed E-state index contributed by atoms with van der Waals surface area (Å²) in [6.45, 7) is 1.91. The fourth-order valence-electron chi connectivity index (χ4n) is 2.54. The Morgan fingerprint density at radius 1 is 1.12 bits per heavy atom. The molecule has 3 heterocycles. The molecule has 0 aliphatic heterocycles. The van der Waals surface area contributed by atoms with Gasteiger partial charge in [0, 0.05) is 20.8 Å². The number of hydrogen-bond donors (Lipinski definition) is 1. The van der Waals surface area contributed by atoms with Crippen molar-refractivity contribution in [2.45, 2.75) is 6.92 Å². The molecule has 0 radical (unpaired) electrons. The Balaban J connectivity index is 0.00000182. The number of nitrogens with one attached hydrogen (secondary N) is 1. The molecule has 1 N–H and O–H groups in total. The summed E-state index contributed by atoms with van der Waals surface area (Å²) < 4.78 is 16.5. The molecule has 0 bridgehead atoms. The number of fused-ring (bicyclic) bond motifs is 1. The third-order valence-corrected chi connectivity index (χ3v) is 5.08. The van der Waals surface area contributed by atoms with Crippen LogP contribution in [-0.4, -0.2) is 14.4 Å². The zero-order chi connectivity index (χ0) is 16.7. The normalized spacial score (nSPS) is 10.7. The van der Waals surface area contributed by atoms with Crippen molar-refractivity contribution in [1.82, 2.24) is 14.4 Å². The Labute approximate surface area is 172 Å². The van der Waals surface area contributed by atoms with Crippen molar-refractivity contribution in [3.05, 3.63) is 63.1 Å². The SMILES string of the molecule is Br.Cc1nc2ccc(F)cn2c1-c1csc(Nc2ccc(I)cc2)n1. The van der Waals surface area contributed by atoms with Crippen molar-refractivity contribution >= 4 is 67.4 Å². The third kappa shape index (κ3) is 3.70. The van der Waals surface area contributed by atoms with Crippen LogP contribution in [0.15, 0.2) is 48.0 Å². The molecule has 0 spiro atoms. The average molecular weight is 531 g/mol. The van der Waals surface area contributed by atoms with Crippen molar-refractivity contribution in [3.8, 4) is 11.4 Å². The highest BCUT2D eigenvalue weighted by Gasteiger charge is 2.14. The summed E-state index contributed by atoms with van der Waals surface area (Å²) >= 11 is 3.78. The lowest BCUT2D eigenvalue weighted by atomic mass is 10.3. The van der Waals surface area contributed by atoms with Crippen LogP contribution < -0.4 is 5.32 Å². The maximum absolute atomic E-state index is 13.6. The minimum atomic E-state index is -0.298. The first-order chi connectivity index (χ1) is 11.6. The smallest absolute Gasteiger partial charge is 0.187 e. The Morgan fingerprint density at radius 2 is 1.88 bits per heavy atom. The predicted molar refractivity (Wildman–Crippen MR) is 114 cm³/mol. The van der Waals surface area contributed by atoms with Crippen LogP contribution in [0.4, 0.5) is 15.2 Å². The van der Waals surface area contributed by atoms with Crippen LogP contribution >= 0.6 is 50.9 Å². The second-order valence-electron chi connectivity index (χ2n) is 5.29. The molecule has 4 aromatic rings. The van der Waals surface area contributed by atoms with Gasteiger partial charge in [0.1, 0.15) is 17.2 Å². The average Bonchev–Trinajstić information content (AvgIpc) is 3.12. The van der Waals surface area contributed by atoms with E-state index in [-0.39, 0.29) is 22.8 Å². The van der Waals surface area contributed by atoms with E-state index in [9.17, 15) is 4.39 Å². The maximum atomic E-state index is 13.6. The van der Waals surface area contributed by atoms with E-state index in [1.807, 2.05) is 36.6 Å². The Bertz CT molecular complexity index is 1030. The number of benzene rings is 1. The molecule has 128 valence electrons. The molecule has 0 fully saturated rings. The second kappa shape index (κ2) is 7.38. The fraction of sp³-hybridized carbons (Fsp3) is 0.0588. The number of aryl methyl sites for hydroxylation is 1. The van der Waals surface area contributed by atoms with Crippen LogP contribution in [0.25, 0.3) is 17.0 Å². The molecule has 0 atom stereocenters. The Kier molecular flexibility index (Phi) is 5.40. The largest absolute Gasteiger partial charge is 0.332 e. The van der Waals surface area contributed by atoms with Gasteiger partial charge >= 0.3 is 0 Å². The Morgan fingerprint density at radius 3 is 2.64 bits per heavy atom. The summed E-state index contributed by atoms with van der Waals surface area (Å²) in [5.41, 5.74) is 4.12. The number of imidazole rings is 1. The van der Waals surface area contributed by atoms with Gasteiger partial charge in [-0.25, -0.2) is 14.4 Å². The first-order valence-corrected chi connectivity index (χ1v) is 9.19. The van der Waals surface area contributed by atoms with Gasteiger partial charge in [0.2, 0.25) is 0 Å². The molecule has 0 saturated carbocycles. The van der Waals surface area contributed by atoms with Gasteiger partial charge in [-0.3, -0.25) is 4.40 Å². The van der Waals surface area contributed by atoms with Crippen molar-refractivity contribution in [2.75, 3.05) is 5.32 Å². The summed E-state index contributed by atoms with van der Waals surface area (Å²) in [4.78, 5) is 9.11. The lowest BCUT2D eigenvalue weighted by Gasteiger charge is -2.02. The molecule has 1 aromatic carbocycles. The topological polar surface area (TPSA) is 42.2 Å². The number of halogens is 3.